The van der Waals surface area contributed by atoms with Gasteiger partial charge in [0.25, 0.3) is 5.91 Å². The Morgan fingerprint density at radius 3 is 2.72 bits per heavy atom. The first-order chi connectivity index (χ1) is 8.42. The average Bonchev–Trinajstić information content (AvgIpc) is 2.72. The first-order valence-electron chi connectivity index (χ1n) is 5.89. The number of likely N-dealkylation sites (tertiary alicyclic amines) is 1. The predicted molar refractivity (Wildman–Crippen MR) is 65.2 cm³/mol. The van der Waals surface area contributed by atoms with Crippen molar-refractivity contribution in [2.75, 3.05) is 13.1 Å². The van der Waals surface area contributed by atoms with Gasteiger partial charge in [0.05, 0.1) is 5.41 Å². The molecule has 1 amide bonds. The van der Waals surface area contributed by atoms with Crippen LogP contribution in [0.1, 0.15) is 29.5 Å². The van der Waals surface area contributed by atoms with Crippen LogP contribution in [0.15, 0.2) is 18.2 Å². The zero-order chi connectivity index (χ0) is 13.3. The van der Waals surface area contributed by atoms with Gasteiger partial charge in [-0.25, -0.2) is 4.98 Å². The van der Waals surface area contributed by atoms with Gasteiger partial charge in [-0.15, -0.1) is 0 Å². The molecule has 1 aliphatic heterocycles. The lowest BCUT2D eigenvalue weighted by atomic mass is 9.90. The van der Waals surface area contributed by atoms with Crippen molar-refractivity contribution >= 4 is 11.9 Å². The minimum Gasteiger partial charge on any atom is -0.481 e. The molecule has 5 nitrogen and oxygen atoms in total. The molecule has 2 rings (SSSR count). The normalized spacial score (nSPS) is 23.1. The van der Waals surface area contributed by atoms with E-state index in [2.05, 4.69) is 4.98 Å². The number of hydrogen-bond donors (Lipinski definition) is 1. The summed E-state index contributed by atoms with van der Waals surface area (Å²) in [4.78, 5) is 29.0. The molecule has 2 heterocycles. The molecule has 1 aromatic heterocycles. The van der Waals surface area contributed by atoms with Crippen LogP contribution in [0.5, 0.6) is 0 Å². The number of carboxylic acid groups (broad SMARTS) is 1. The van der Waals surface area contributed by atoms with E-state index in [4.69, 9.17) is 5.11 Å². The molecule has 0 aliphatic carbocycles. The quantitative estimate of drug-likeness (QED) is 0.857. The summed E-state index contributed by atoms with van der Waals surface area (Å²) in [5.41, 5.74) is 0.324. The molecule has 18 heavy (non-hydrogen) atoms. The maximum atomic E-state index is 12.2. The third kappa shape index (κ3) is 2.20. The molecule has 0 spiro atoms. The summed E-state index contributed by atoms with van der Waals surface area (Å²) >= 11 is 0. The third-order valence-corrected chi connectivity index (χ3v) is 3.38. The number of carbonyl (C=O) groups excluding carboxylic acids is 1. The third-order valence-electron chi connectivity index (χ3n) is 3.38. The van der Waals surface area contributed by atoms with Crippen molar-refractivity contribution in [2.24, 2.45) is 5.41 Å². The van der Waals surface area contributed by atoms with Gasteiger partial charge in [0.2, 0.25) is 0 Å². The molecule has 1 fully saturated rings. The lowest BCUT2D eigenvalue weighted by Crippen LogP contribution is -2.35. The van der Waals surface area contributed by atoms with Crippen LogP contribution in [0.25, 0.3) is 0 Å². The van der Waals surface area contributed by atoms with Crippen LogP contribution in [-0.2, 0) is 4.79 Å². The zero-order valence-electron chi connectivity index (χ0n) is 10.5. The summed E-state index contributed by atoms with van der Waals surface area (Å²) < 4.78 is 0. The number of carbonyl (C=O) groups is 2. The lowest BCUT2D eigenvalue weighted by molar-refractivity contribution is -0.147. The second-order valence-electron chi connectivity index (χ2n) is 5.01. The van der Waals surface area contributed by atoms with E-state index in [9.17, 15) is 9.59 Å². The molecule has 5 heteroatoms. The van der Waals surface area contributed by atoms with E-state index in [0.717, 1.165) is 5.69 Å². The lowest BCUT2D eigenvalue weighted by Gasteiger charge is -2.19. The Balaban J connectivity index is 2.15. The molecule has 1 aromatic rings. The van der Waals surface area contributed by atoms with E-state index in [-0.39, 0.29) is 12.5 Å². The van der Waals surface area contributed by atoms with Crippen molar-refractivity contribution in [1.82, 2.24) is 9.88 Å². The van der Waals surface area contributed by atoms with Crippen LogP contribution in [0.2, 0.25) is 0 Å². The molecule has 96 valence electrons. The summed E-state index contributed by atoms with van der Waals surface area (Å²) in [5.74, 6) is -1.04. The van der Waals surface area contributed by atoms with Crippen molar-refractivity contribution in [3.8, 4) is 0 Å². The number of carboxylic acids is 1. The van der Waals surface area contributed by atoms with Crippen molar-refractivity contribution in [3.05, 3.63) is 29.6 Å². The van der Waals surface area contributed by atoms with Gasteiger partial charge < -0.3 is 10.0 Å². The van der Waals surface area contributed by atoms with E-state index in [1.54, 1.807) is 24.0 Å². The van der Waals surface area contributed by atoms with Gasteiger partial charge in [0.15, 0.2) is 0 Å². The van der Waals surface area contributed by atoms with Crippen molar-refractivity contribution in [1.29, 1.82) is 0 Å². The fraction of sp³-hybridized carbons (Fsp3) is 0.462. The summed E-state index contributed by atoms with van der Waals surface area (Å²) in [5, 5.41) is 9.13. The molecule has 0 aromatic carbocycles. The number of hydrogen-bond acceptors (Lipinski definition) is 3. The highest BCUT2D eigenvalue weighted by atomic mass is 16.4. The molecule has 1 atom stereocenters. The van der Waals surface area contributed by atoms with E-state index in [1.165, 1.54) is 0 Å². The van der Waals surface area contributed by atoms with E-state index < -0.39 is 11.4 Å². The number of pyridine rings is 1. The van der Waals surface area contributed by atoms with Crippen LogP contribution in [-0.4, -0.2) is 40.0 Å². The van der Waals surface area contributed by atoms with Gasteiger partial charge in [-0.3, -0.25) is 9.59 Å². The fourth-order valence-electron chi connectivity index (χ4n) is 2.13. The van der Waals surface area contributed by atoms with Gasteiger partial charge in [-0.1, -0.05) is 6.07 Å². The van der Waals surface area contributed by atoms with Gasteiger partial charge in [0, 0.05) is 18.8 Å². The number of nitrogens with zero attached hydrogens (tertiary/aromatic N) is 2. The number of aromatic nitrogens is 1. The monoisotopic (exact) mass is 248 g/mol. The molecule has 1 N–H and O–H groups in total. The molecular formula is C13H16N2O3. The maximum absolute atomic E-state index is 12.2. The fourth-order valence-corrected chi connectivity index (χ4v) is 2.13. The van der Waals surface area contributed by atoms with Gasteiger partial charge >= 0.3 is 5.97 Å². The standard InChI is InChI=1S/C13H16N2O3/c1-9-4-3-5-10(14-9)11(16)15-7-6-13(2,8-15)12(17)18/h3-5H,6-8H2,1-2H3,(H,17,18)/t13-/m0/s1. The van der Waals surface area contributed by atoms with Crippen molar-refractivity contribution in [3.63, 3.8) is 0 Å². The van der Waals surface area contributed by atoms with Gasteiger partial charge in [-0.05, 0) is 32.4 Å². The molecule has 0 saturated carbocycles. The highest BCUT2D eigenvalue weighted by molar-refractivity contribution is 5.93. The summed E-state index contributed by atoms with van der Waals surface area (Å²) in [6.45, 7) is 4.21. The van der Waals surface area contributed by atoms with Crippen molar-refractivity contribution < 1.29 is 14.7 Å². The minimum atomic E-state index is -0.852. The Labute approximate surface area is 105 Å². The number of amides is 1. The number of rotatable bonds is 2. The van der Waals surface area contributed by atoms with Gasteiger partial charge in [0.1, 0.15) is 5.69 Å². The summed E-state index contributed by atoms with van der Waals surface area (Å²) in [6, 6.07) is 5.26. The summed E-state index contributed by atoms with van der Waals surface area (Å²) in [6.07, 6.45) is 0.486. The van der Waals surface area contributed by atoms with Crippen LogP contribution in [0.4, 0.5) is 0 Å². The highest BCUT2D eigenvalue weighted by Crippen LogP contribution is 2.30. The number of aryl methyl sites for hydroxylation is 1. The van der Waals surface area contributed by atoms with Gasteiger partial charge in [-0.2, -0.15) is 0 Å². The van der Waals surface area contributed by atoms with Crippen LogP contribution < -0.4 is 0 Å². The zero-order valence-corrected chi connectivity index (χ0v) is 10.5. The van der Waals surface area contributed by atoms with E-state index >= 15 is 0 Å². The van der Waals surface area contributed by atoms with E-state index in [0.29, 0.717) is 18.7 Å². The van der Waals surface area contributed by atoms with Crippen LogP contribution >= 0.6 is 0 Å². The van der Waals surface area contributed by atoms with Crippen LogP contribution in [0, 0.1) is 12.3 Å². The molecule has 0 radical (unpaired) electrons. The Hall–Kier alpha value is -1.91. The SMILES string of the molecule is Cc1cccc(C(=O)N2CC[C@](C)(C(=O)O)C2)n1. The summed E-state index contributed by atoms with van der Waals surface area (Å²) in [7, 11) is 0. The Morgan fingerprint density at radius 2 is 2.17 bits per heavy atom. The smallest absolute Gasteiger partial charge is 0.311 e. The highest BCUT2D eigenvalue weighted by Gasteiger charge is 2.42. The average molecular weight is 248 g/mol. The molecular weight excluding hydrogens is 232 g/mol. The first-order valence-corrected chi connectivity index (χ1v) is 5.89. The maximum Gasteiger partial charge on any atom is 0.311 e. The second-order valence-corrected chi connectivity index (χ2v) is 5.01. The Morgan fingerprint density at radius 1 is 1.44 bits per heavy atom. The first kappa shape index (κ1) is 12.5. The largest absolute Gasteiger partial charge is 0.481 e. The number of aliphatic carboxylic acids is 1. The Bertz CT molecular complexity index is 501. The molecule has 1 saturated heterocycles. The topological polar surface area (TPSA) is 70.5 Å². The van der Waals surface area contributed by atoms with Crippen molar-refractivity contribution in [2.45, 2.75) is 20.3 Å². The predicted octanol–water partition coefficient (Wildman–Crippen LogP) is 1.33. The van der Waals surface area contributed by atoms with E-state index in [1.807, 2.05) is 13.0 Å². The second kappa shape index (κ2) is 4.40. The molecule has 0 unspecified atom stereocenters. The molecule has 0 bridgehead atoms. The Kier molecular flexibility index (Phi) is 3.07. The molecule has 1 aliphatic rings. The minimum absolute atomic E-state index is 0.191. The van der Waals surface area contributed by atoms with Crippen LogP contribution in [0.3, 0.4) is 0 Å².